The molecule has 1 fully saturated rings. The highest BCUT2D eigenvalue weighted by Crippen LogP contribution is 2.33. The molecule has 27 heavy (non-hydrogen) atoms. The van der Waals surface area contributed by atoms with E-state index in [1.54, 1.807) is 18.2 Å². The molecule has 3 rings (SSSR count). The first-order chi connectivity index (χ1) is 13.1. The zero-order valence-corrected chi connectivity index (χ0v) is 16.7. The SMILES string of the molecule is COc1c(Cl)cc(Cl)cc1/C=C/C(=O)Nc1ccccc1N1CCCCC1. The molecule has 1 amide bonds. The number of hydrogen-bond acceptors (Lipinski definition) is 3. The molecular formula is C21H22Cl2N2O2. The molecule has 0 radical (unpaired) electrons. The second kappa shape index (κ2) is 9.16. The Kier molecular flexibility index (Phi) is 6.64. The lowest BCUT2D eigenvalue weighted by atomic mass is 10.1. The minimum Gasteiger partial charge on any atom is -0.495 e. The van der Waals surface area contributed by atoms with Gasteiger partial charge in [-0.05, 0) is 49.6 Å². The third-order valence-corrected chi connectivity index (χ3v) is 5.01. The van der Waals surface area contributed by atoms with Crippen LogP contribution in [0.15, 0.2) is 42.5 Å². The van der Waals surface area contributed by atoms with Crippen molar-refractivity contribution >= 4 is 46.6 Å². The summed E-state index contributed by atoms with van der Waals surface area (Å²) in [4.78, 5) is 14.8. The first-order valence-electron chi connectivity index (χ1n) is 8.94. The first kappa shape index (κ1) is 19.6. The lowest BCUT2D eigenvalue weighted by molar-refractivity contribution is -0.111. The van der Waals surface area contributed by atoms with Crippen LogP contribution in [-0.4, -0.2) is 26.1 Å². The summed E-state index contributed by atoms with van der Waals surface area (Å²) in [6, 6.07) is 11.2. The molecule has 6 heteroatoms. The van der Waals surface area contributed by atoms with Crippen LogP contribution in [0.3, 0.4) is 0 Å². The number of hydrogen-bond donors (Lipinski definition) is 1. The number of carbonyl (C=O) groups is 1. The summed E-state index contributed by atoms with van der Waals surface area (Å²) in [5, 5.41) is 3.86. The van der Waals surface area contributed by atoms with Crippen LogP contribution in [0.1, 0.15) is 24.8 Å². The zero-order valence-electron chi connectivity index (χ0n) is 15.2. The summed E-state index contributed by atoms with van der Waals surface area (Å²) in [6.45, 7) is 2.03. The Morgan fingerprint density at radius 1 is 1.15 bits per heavy atom. The summed E-state index contributed by atoms with van der Waals surface area (Å²) >= 11 is 12.2. The highest BCUT2D eigenvalue weighted by atomic mass is 35.5. The van der Waals surface area contributed by atoms with Crippen molar-refractivity contribution in [1.29, 1.82) is 0 Å². The summed E-state index contributed by atoms with van der Waals surface area (Å²) in [7, 11) is 1.53. The molecule has 0 spiro atoms. The number of carbonyl (C=O) groups excluding carboxylic acids is 1. The normalized spacial score (nSPS) is 14.4. The van der Waals surface area contributed by atoms with E-state index in [9.17, 15) is 4.79 Å². The number of rotatable bonds is 5. The van der Waals surface area contributed by atoms with E-state index in [1.807, 2.05) is 24.3 Å². The number of anilines is 2. The number of halogens is 2. The quantitative estimate of drug-likeness (QED) is 0.655. The summed E-state index contributed by atoms with van der Waals surface area (Å²) < 4.78 is 5.30. The molecule has 4 nitrogen and oxygen atoms in total. The average molecular weight is 405 g/mol. The second-order valence-electron chi connectivity index (χ2n) is 6.40. The van der Waals surface area contributed by atoms with E-state index in [0.717, 1.165) is 24.5 Å². The first-order valence-corrected chi connectivity index (χ1v) is 9.70. The van der Waals surface area contributed by atoms with Gasteiger partial charge >= 0.3 is 0 Å². The van der Waals surface area contributed by atoms with Crippen molar-refractivity contribution in [1.82, 2.24) is 0 Å². The van der Waals surface area contributed by atoms with Crippen molar-refractivity contribution in [3.8, 4) is 5.75 Å². The van der Waals surface area contributed by atoms with Crippen LogP contribution < -0.4 is 15.0 Å². The van der Waals surface area contributed by atoms with Crippen LogP contribution in [0, 0.1) is 0 Å². The number of nitrogens with one attached hydrogen (secondary N) is 1. The molecule has 1 aliphatic rings. The molecule has 0 bridgehead atoms. The summed E-state index contributed by atoms with van der Waals surface area (Å²) in [5.41, 5.74) is 2.52. The number of nitrogens with zero attached hydrogens (tertiary/aromatic N) is 1. The Labute approximate surface area is 169 Å². The third-order valence-electron chi connectivity index (χ3n) is 4.51. The van der Waals surface area contributed by atoms with Gasteiger partial charge in [-0.3, -0.25) is 4.79 Å². The van der Waals surface area contributed by atoms with Crippen LogP contribution >= 0.6 is 23.2 Å². The van der Waals surface area contributed by atoms with E-state index in [0.29, 0.717) is 21.4 Å². The highest BCUT2D eigenvalue weighted by molar-refractivity contribution is 6.36. The largest absolute Gasteiger partial charge is 0.495 e. The Bertz CT molecular complexity index is 846. The lowest BCUT2D eigenvalue weighted by Gasteiger charge is -2.30. The van der Waals surface area contributed by atoms with E-state index in [-0.39, 0.29) is 5.91 Å². The topological polar surface area (TPSA) is 41.6 Å². The lowest BCUT2D eigenvalue weighted by Crippen LogP contribution is -2.30. The molecule has 142 valence electrons. The van der Waals surface area contributed by atoms with E-state index >= 15 is 0 Å². The molecule has 1 N–H and O–H groups in total. The Morgan fingerprint density at radius 3 is 2.63 bits per heavy atom. The molecule has 0 atom stereocenters. The predicted molar refractivity (Wildman–Crippen MR) is 113 cm³/mol. The standard InChI is InChI=1S/C21H22Cl2N2O2/c1-27-21-15(13-16(22)14-17(21)23)9-10-20(26)24-18-7-3-4-8-19(18)25-11-5-2-6-12-25/h3-4,7-10,13-14H,2,5-6,11-12H2,1H3,(H,24,26)/b10-9+. The van der Waals surface area contributed by atoms with Gasteiger partial charge in [-0.25, -0.2) is 0 Å². The van der Waals surface area contributed by atoms with Crippen molar-refractivity contribution in [2.75, 3.05) is 30.4 Å². The van der Waals surface area contributed by atoms with Gasteiger partial charge in [0.2, 0.25) is 5.91 Å². The molecule has 0 unspecified atom stereocenters. The Morgan fingerprint density at radius 2 is 1.89 bits per heavy atom. The Balaban J connectivity index is 1.76. The number of benzene rings is 2. The maximum Gasteiger partial charge on any atom is 0.248 e. The van der Waals surface area contributed by atoms with Gasteiger partial charge in [0.25, 0.3) is 0 Å². The third kappa shape index (κ3) is 4.96. The minimum atomic E-state index is -0.224. The number of piperidine rings is 1. The van der Waals surface area contributed by atoms with Crippen LogP contribution in [0.5, 0.6) is 5.75 Å². The molecule has 1 aliphatic heterocycles. The van der Waals surface area contributed by atoms with Gasteiger partial charge in [0.1, 0.15) is 5.75 Å². The molecule has 0 aromatic heterocycles. The molecule has 1 heterocycles. The monoisotopic (exact) mass is 404 g/mol. The Hall–Kier alpha value is -2.17. The van der Waals surface area contributed by atoms with Crippen molar-refractivity contribution in [2.45, 2.75) is 19.3 Å². The van der Waals surface area contributed by atoms with Gasteiger partial charge in [0.15, 0.2) is 0 Å². The van der Waals surface area contributed by atoms with Gasteiger partial charge in [-0.1, -0.05) is 35.3 Å². The van der Waals surface area contributed by atoms with E-state index in [4.69, 9.17) is 27.9 Å². The predicted octanol–water partition coefficient (Wildman–Crippen LogP) is 5.64. The van der Waals surface area contributed by atoms with Crippen LogP contribution in [0.4, 0.5) is 11.4 Å². The van der Waals surface area contributed by atoms with E-state index < -0.39 is 0 Å². The highest BCUT2D eigenvalue weighted by Gasteiger charge is 2.15. The number of para-hydroxylation sites is 2. The molecule has 2 aromatic rings. The van der Waals surface area contributed by atoms with Crippen LogP contribution in [-0.2, 0) is 4.79 Å². The minimum absolute atomic E-state index is 0.224. The molecule has 0 aliphatic carbocycles. The van der Waals surface area contributed by atoms with Crippen molar-refractivity contribution in [3.63, 3.8) is 0 Å². The van der Waals surface area contributed by atoms with E-state index in [1.165, 1.54) is 32.4 Å². The number of methoxy groups -OCH3 is 1. The maximum absolute atomic E-state index is 12.5. The smallest absolute Gasteiger partial charge is 0.248 e. The summed E-state index contributed by atoms with van der Waals surface area (Å²) in [5.74, 6) is 0.261. The van der Waals surface area contributed by atoms with Gasteiger partial charge in [-0.2, -0.15) is 0 Å². The number of ether oxygens (including phenoxy) is 1. The van der Waals surface area contributed by atoms with Crippen molar-refractivity contribution < 1.29 is 9.53 Å². The zero-order chi connectivity index (χ0) is 19.2. The fraction of sp³-hybridized carbons (Fsp3) is 0.286. The second-order valence-corrected chi connectivity index (χ2v) is 7.24. The summed E-state index contributed by atoms with van der Waals surface area (Å²) in [6.07, 6.45) is 6.72. The maximum atomic E-state index is 12.5. The van der Waals surface area contributed by atoms with E-state index in [2.05, 4.69) is 10.2 Å². The molecule has 1 saturated heterocycles. The van der Waals surface area contributed by atoms with Gasteiger partial charge in [0, 0.05) is 29.8 Å². The van der Waals surface area contributed by atoms with Crippen molar-refractivity contribution in [3.05, 3.63) is 58.1 Å². The van der Waals surface area contributed by atoms with Crippen LogP contribution in [0.2, 0.25) is 10.0 Å². The number of amides is 1. The van der Waals surface area contributed by atoms with Crippen molar-refractivity contribution in [2.24, 2.45) is 0 Å². The van der Waals surface area contributed by atoms with Crippen LogP contribution in [0.25, 0.3) is 6.08 Å². The fourth-order valence-electron chi connectivity index (χ4n) is 3.25. The van der Waals surface area contributed by atoms with Gasteiger partial charge in [0.05, 0.1) is 23.5 Å². The molecule has 2 aromatic carbocycles. The fourth-order valence-corrected chi connectivity index (χ4v) is 3.84. The van der Waals surface area contributed by atoms with Gasteiger partial charge < -0.3 is 15.0 Å². The van der Waals surface area contributed by atoms with Gasteiger partial charge in [-0.15, -0.1) is 0 Å². The molecule has 0 saturated carbocycles. The average Bonchev–Trinajstić information content (AvgIpc) is 2.67. The molecular weight excluding hydrogens is 383 g/mol.